The summed E-state index contributed by atoms with van der Waals surface area (Å²) in [6.45, 7) is 6.15. The van der Waals surface area contributed by atoms with E-state index in [-0.39, 0.29) is 17.9 Å². The van der Waals surface area contributed by atoms with Gasteiger partial charge in [0.05, 0.1) is 12.5 Å². The first kappa shape index (κ1) is 12.2. The van der Waals surface area contributed by atoms with E-state index in [1.165, 1.54) is 0 Å². The standard InChI is InChI=1S/C11H19N3O3/c1-2-17-11(16)14-5-3-13(4-6-14)10(15)9-7-12-8-9/h9,12H,2-8H2,1H3. The third kappa shape index (κ3) is 2.69. The first-order chi connectivity index (χ1) is 8.22. The van der Waals surface area contributed by atoms with Crippen LogP contribution in [0.5, 0.6) is 0 Å². The Bertz CT molecular complexity index is 296. The van der Waals surface area contributed by atoms with Gasteiger partial charge in [0.15, 0.2) is 0 Å². The van der Waals surface area contributed by atoms with E-state index in [0.717, 1.165) is 13.1 Å². The molecule has 17 heavy (non-hydrogen) atoms. The zero-order valence-corrected chi connectivity index (χ0v) is 10.1. The second-order valence-corrected chi connectivity index (χ2v) is 4.37. The van der Waals surface area contributed by atoms with E-state index in [1.807, 2.05) is 4.90 Å². The van der Waals surface area contributed by atoms with E-state index in [9.17, 15) is 9.59 Å². The first-order valence-corrected chi connectivity index (χ1v) is 6.13. The summed E-state index contributed by atoms with van der Waals surface area (Å²) in [5, 5.41) is 3.09. The number of carbonyl (C=O) groups is 2. The minimum atomic E-state index is -0.273. The molecule has 2 rings (SSSR count). The molecule has 1 N–H and O–H groups in total. The third-order valence-corrected chi connectivity index (χ3v) is 3.25. The Labute approximate surface area is 101 Å². The molecule has 0 atom stereocenters. The van der Waals surface area contributed by atoms with E-state index in [4.69, 9.17) is 4.74 Å². The van der Waals surface area contributed by atoms with Crippen molar-refractivity contribution in [3.63, 3.8) is 0 Å². The lowest BCUT2D eigenvalue weighted by Gasteiger charge is -2.38. The average Bonchev–Trinajstić information content (AvgIpc) is 2.27. The monoisotopic (exact) mass is 241 g/mol. The number of carbonyl (C=O) groups excluding carboxylic acids is 2. The van der Waals surface area contributed by atoms with E-state index >= 15 is 0 Å². The summed E-state index contributed by atoms with van der Waals surface area (Å²) in [5.74, 6) is 0.358. The summed E-state index contributed by atoms with van der Waals surface area (Å²) >= 11 is 0. The molecule has 0 bridgehead atoms. The van der Waals surface area contributed by atoms with Crippen LogP contribution in [0.2, 0.25) is 0 Å². The molecule has 0 aromatic heterocycles. The number of nitrogens with zero attached hydrogens (tertiary/aromatic N) is 2. The van der Waals surface area contributed by atoms with Gasteiger partial charge in [0.1, 0.15) is 0 Å². The molecule has 0 saturated carbocycles. The maximum atomic E-state index is 11.9. The van der Waals surface area contributed by atoms with Crippen molar-refractivity contribution in [3.8, 4) is 0 Å². The molecule has 0 aromatic rings. The molecule has 0 aromatic carbocycles. The summed E-state index contributed by atoms with van der Waals surface area (Å²) in [6, 6.07) is 0. The summed E-state index contributed by atoms with van der Waals surface area (Å²) in [7, 11) is 0. The molecule has 0 aliphatic carbocycles. The topological polar surface area (TPSA) is 61.9 Å². The Hall–Kier alpha value is -1.30. The number of amides is 2. The zero-order chi connectivity index (χ0) is 12.3. The predicted molar refractivity (Wildman–Crippen MR) is 61.5 cm³/mol. The lowest BCUT2D eigenvalue weighted by molar-refractivity contribution is -0.138. The normalized spacial score (nSPS) is 21.0. The Morgan fingerprint density at radius 1 is 1.18 bits per heavy atom. The van der Waals surface area contributed by atoms with Gasteiger partial charge in [-0.2, -0.15) is 0 Å². The molecule has 0 spiro atoms. The first-order valence-electron chi connectivity index (χ1n) is 6.13. The van der Waals surface area contributed by atoms with Crippen LogP contribution < -0.4 is 5.32 Å². The Morgan fingerprint density at radius 2 is 1.76 bits per heavy atom. The maximum absolute atomic E-state index is 11.9. The minimum absolute atomic E-state index is 0.143. The molecule has 2 saturated heterocycles. The van der Waals surface area contributed by atoms with Gasteiger partial charge in [-0.15, -0.1) is 0 Å². The molecular formula is C11H19N3O3. The van der Waals surface area contributed by atoms with Crippen LogP contribution >= 0.6 is 0 Å². The number of rotatable bonds is 2. The van der Waals surface area contributed by atoms with E-state index in [2.05, 4.69) is 5.32 Å². The van der Waals surface area contributed by atoms with Crippen molar-refractivity contribution in [3.05, 3.63) is 0 Å². The van der Waals surface area contributed by atoms with Crippen LogP contribution in [-0.2, 0) is 9.53 Å². The largest absolute Gasteiger partial charge is 0.450 e. The van der Waals surface area contributed by atoms with Gasteiger partial charge in [-0.05, 0) is 6.92 Å². The van der Waals surface area contributed by atoms with E-state index < -0.39 is 0 Å². The van der Waals surface area contributed by atoms with Gasteiger partial charge in [0, 0.05) is 39.3 Å². The summed E-state index contributed by atoms with van der Waals surface area (Å²) in [6.07, 6.45) is -0.273. The van der Waals surface area contributed by atoms with Gasteiger partial charge in [0.25, 0.3) is 0 Å². The van der Waals surface area contributed by atoms with Gasteiger partial charge in [-0.3, -0.25) is 4.79 Å². The fourth-order valence-electron chi connectivity index (χ4n) is 2.05. The van der Waals surface area contributed by atoms with Crippen molar-refractivity contribution in [2.45, 2.75) is 6.92 Å². The van der Waals surface area contributed by atoms with Crippen LogP contribution in [0.4, 0.5) is 4.79 Å². The number of hydrogen-bond acceptors (Lipinski definition) is 4. The number of nitrogens with one attached hydrogen (secondary N) is 1. The fraction of sp³-hybridized carbons (Fsp3) is 0.818. The fourth-order valence-corrected chi connectivity index (χ4v) is 2.05. The van der Waals surface area contributed by atoms with Crippen molar-refractivity contribution in [2.75, 3.05) is 45.9 Å². The Kier molecular flexibility index (Phi) is 3.83. The van der Waals surface area contributed by atoms with Crippen LogP contribution in [0.15, 0.2) is 0 Å². The quantitative estimate of drug-likeness (QED) is 0.708. The highest BCUT2D eigenvalue weighted by atomic mass is 16.6. The summed E-state index contributed by atoms with van der Waals surface area (Å²) in [5.41, 5.74) is 0. The van der Waals surface area contributed by atoms with Gasteiger partial charge < -0.3 is 19.9 Å². The van der Waals surface area contributed by atoms with Crippen molar-refractivity contribution >= 4 is 12.0 Å². The predicted octanol–water partition coefficient (Wildman–Crippen LogP) is -0.493. The van der Waals surface area contributed by atoms with Crippen molar-refractivity contribution < 1.29 is 14.3 Å². The van der Waals surface area contributed by atoms with Crippen molar-refractivity contribution in [1.29, 1.82) is 0 Å². The molecule has 2 amide bonds. The van der Waals surface area contributed by atoms with Crippen LogP contribution in [0.3, 0.4) is 0 Å². The van der Waals surface area contributed by atoms with Crippen molar-refractivity contribution in [2.24, 2.45) is 5.92 Å². The van der Waals surface area contributed by atoms with Gasteiger partial charge >= 0.3 is 6.09 Å². The maximum Gasteiger partial charge on any atom is 0.409 e. The number of hydrogen-bond donors (Lipinski definition) is 1. The molecule has 2 aliphatic rings. The second kappa shape index (κ2) is 5.35. The highest BCUT2D eigenvalue weighted by molar-refractivity contribution is 5.80. The highest BCUT2D eigenvalue weighted by Crippen LogP contribution is 2.11. The Balaban J connectivity index is 1.77. The van der Waals surface area contributed by atoms with E-state index in [1.54, 1.807) is 11.8 Å². The van der Waals surface area contributed by atoms with Crippen LogP contribution in [0.25, 0.3) is 0 Å². The third-order valence-electron chi connectivity index (χ3n) is 3.25. The molecule has 0 radical (unpaired) electrons. The molecular weight excluding hydrogens is 222 g/mol. The summed E-state index contributed by atoms with van der Waals surface area (Å²) < 4.78 is 4.93. The van der Waals surface area contributed by atoms with Crippen LogP contribution in [-0.4, -0.2) is 67.7 Å². The molecule has 2 aliphatic heterocycles. The lowest BCUT2D eigenvalue weighted by atomic mass is 10.0. The van der Waals surface area contributed by atoms with Gasteiger partial charge in [-0.25, -0.2) is 4.79 Å². The molecule has 2 fully saturated rings. The molecule has 6 heteroatoms. The average molecular weight is 241 g/mol. The van der Waals surface area contributed by atoms with E-state index in [0.29, 0.717) is 32.8 Å². The Morgan fingerprint density at radius 3 is 2.24 bits per heavy atom. The number of ether oxygens (including phenoxy) is 1. The van der Waals surface area contributed by atoms with Crippen LogP contribution in [0, 0.1) is 5.92 Å². The number of piperazine rings is 1. The molecule has 2 heterocycles. The SMILES string of the molecule is CCOC(=O)N1CCN(C(=O)C2CNC2)CC1. The van der Waals surface area contributed by atoms with Gasteiger partial charge in [-0.1, -0.05) is 0 Å². The lowest BCUT2D eigenvalue weighted by Crippen LogP contribution is -2.57. The highest BCUT2D eigenvalue weighted by Gasteiger charge is 2.32. The smallest absolute Gasteiger partial charge is 0.409 e. The second-order valence-electron chi connectivity index (χ2n) is 4.37. The molecule has 6 nitrogen and oxygen atoms in total. The zero-order valence-electron chi connectivity index (χ0n) is 10.1. The van der Waals surface area contributed by atoms with Gasteiger partial charge in [0.2, 0.25) is 5.91 Å². The summed E-state index contributed by atoms with van der Waals surface area (Å²) in [4.78, 5) is 26.9. The molecule has 0 unspecified atom stereocenters. The minimum Gasteiger partial charge on any atom is -0.450 e. The van der Waals surface area contributed by atoms with Crippen molar-refractivity contribution in [1.82, 2.24) is 15.1 Å². The molecule has 96 valence electrons. The van der Waals surface area contributed by atoms with Crippen LogP contribution in [0.1, 0.15) is 6.92 Å².